The monoisotopic (exact) mass is 290 g/mol. The van der Waals surface area contributed by atoms with E-state index in [9.17, 15) is 4.79 Å². The Morgan fingerprint density at radius 1 is 1.10 bits per heavy atom. The van der Waals surface area contributed by atoms with Crippen molar-refractivity contribution >= 4 is 5.97 Å². The number of carboxylic acid groups (broad SMARTS) is 1. The van der Waals surface area contributed by atoms with Crippen LogP contribution < -0.4 is 9.47 Å². The van der Waals surface area contributed by atoms with Gasteiger partial charge in [-0.25, -0.2) is 0 Å². The van der Waals surface area contributed by atoms with Crippen LogP contribution in [0.4, 0.5) is 0 Å². The number of rotatable bonds is 7. The summed E-state index contributed by atoms with van der Waals surface area (Å²) in [5.74, 6) is 1.44. The number of furan rings is 1. The molecule has 1 aromatic carbocycles. The van der Waals surface area contributed by atoms with Gasteiger partial charge in [0.05, 0.1) is 13.2 Å². The van der Waals surface area contributed by atoms with Gasteiger partial charge in [-0.15, -0.1) is 0 Å². The van der Waals surface area contributed by atoms with E-state index in [0.717, 1.165) is 5.56 Å². The molecular formula is C16H18O5. The number of benzene rings is 1. The summed E-state index contributed by atoms with van der Waals surface area (Å²) in [5.41, 5.74) is 0.818. The summed E-state index contributed by atoms with van der Waals surface area (Å²) in [5, 5.41) is 8.76. The topological polar surface area (TPSA) is 68.9 Å². The summed E-state index contributed by atoms with van der Waals surface area (Å²) in [6, 6.07) is 8.93. The minimum absolute atomic E-state index is 0.130. The Morgan fingerprint density at radius 3 is 2.48 bits per heavy atom. The zero-order valence-electron chi connectivity index (χ0n) is 12.1. The number of aliphatic carboxylic acids is 1. The molecule has 0 saturated carbocycles. The molecule has 0 saturated heterocycles. The van der Waals surface area contributed by atoms with Gasteiger partial charge in [0, 0.05) is 5.56 Å². The van der Waals surface area contributed by atoms with Gasteiger partial charge in [0.1, 0.15) is 17.9 Å². The molecule has 0 aliphatic carbocycles. The molecule has 21 heavy (non-hydrogen) atoms. The van der Waals surface area contributed by atoms with Crippen molar-refractivity contribution in [2.24, 2.45) is 0 Å². The highest BCUT2D eigenvalue weighted by molar-refractivity contribution is 5.70. The summed E-state index contributed by atoms with van der Waals surface area (Å²) in [6.07, 6.45) is -0.130. The first-order valence-corrected chi connectivity index (χ1v) is 6.84. The summed E-state index contributed by atoms with van der Waals surface area (Å²) in [4.78, 5) is 10.7. The molecule has 1 aromatic heterocycles. The van der Waals surface area contributed by atoms with Gasteiger partial charge in [-0.2, -0.15) is 0 Å². The molecule has 1 N–H and O–H groups in total. The van der Waals surface area contributed by atoms with Crippen molar-refractivity contribution in [2.45, 2.75) is 20.3 Å². The fraction of sp³-hybridized carbons (Fsp3) is 0.312. The molecule has 112 valence electrons. The van der Waals surface area contributed by atoms with Crippen LogP contribution in [0.1, 0.15) is 19.6 Å². The molecule has 5 nitrogen and oxygen atoms in total. The van der Waals surface area contributed by atoms with Gasteiger partial charge in [0.15, 0.2) is 11.5 Å². The summed E-state index contributed by atoms with van der Waals surface area (Å²) in [7, 11) is 0. The molecule has 0 fully saturated rings. The first kappa shape index (κ1) is 15.0. The number of carbonyl (C=O) groups is 1. The Balaban J connectivity index is 2.28. The molecule has 0 bridgehead atoms. The van der Waals surface area contributed by atoms with Crippen LogP contribution in [-0.4, -0.2) is 24.3 Å². The molecule has 0 unspecified atom stereocenters. The van der Waals surface area contributed by atoms with Crippen LogP contribution >= 0.6 is 0 Å². The van der Waals surface area contributed by atoms with Gasteiger partial charge in [0.25, 0.3) is 0 Å². The Kier molecular flexibility index (Phi) is 4.87. The molecule has 0 aliphatic rings. The van der Waals surface area contributed by atoms with Crippen molar-refractivity contribution in [1.82, 2.24) is 0 Å². The third kappa shape index (κ3) is 3.78. The number of ether oxygens (including phenoxy) is 2. The van der Waals surface area contributed by atoms with E-state index in [1.165, 1.54) is 0 Å². The van der Waals surface area contributed by atoms with Crippen molar-refractivity contribution < 1.29 is 23.8 Å². The molecular weight excluding hydrogens is 272 g/mol. The van der Waals surface area contributed by atoms with E-state index in [1.54, 1.807) is 12.1 Å². The highest BCUT2D eigenvalue weighted by atomic mass is 16.5. The number of carboxylic acids is 1. The highest BCUT2D eigenvalue weighted by Crippen LogP contribution is 2.33. The zero-order valence-corrected chi connectivity index (χ0v) is 12.1. The largest absolute Gasteiger partial charge is 0.490 e. The maximum absolute atomic E-state index is 10.7. The fourth-order valence-electron chi connectivity index (χ4n) is 1.98. The van der Waals surface area contributed by atoms with Crippen LogP contribution in [-0.2, 0) is 11.2 Å². The summed E-state index contributed by atoms with van der Waals surface area (Å²) in [6.45, 7) is 4.91. The smallest absolute Gasteiger partial charge is 0.311 e. The normalized spacial score (nSPS) is 10.4. The standard InChI is InChI=1S/C16H18O5/c1-3-19-14-7-5-11(9-15(14)20-4-2)13-8-6-12(21-13)10-16(17)18/h5-9H,3-4,10H2,1-2H3,(H,17,18). The zero-order chi connectivity index (χ0) is 15.2. The molecule has 0 aliphatic heterocycles. The predicted octanol–water partition coefficient (Wildman–Crippen LogP) is 3.37. The Labute approximate surface area is 123 Å². The average molecular weight is 290 g/mol. The first-order valence-electron chi connectivity index (χ1n) is 6.84. The third-order valence-electron chi connectivity index (χ3n) is 2.82. The SMILES string of the molecule is CCOc1ccc(-c2ccc(CC(=O)O)o2)cc1OCC. The quantitative estimate of drug-likeness (QED) is 0.846. The van der Waals surface area contributed by atoms with Crippen molar-refractivity contribution in [1.29, 1.82) is 0 Å². The van der Waals surface area contributed by atoms with Gasteiger partial charge < -0.3 is 19.0 Å². The summed E-state index contributed by atoms with van der Waals surface area (Å²) < 4.78 is 16.6. The van der Waals surface area contributed by atoms with Crippen molar-refractivity contribution in [3.8, 4) is 22.8 Å². The third-order valence-corrected chi connectivity index (χ3v) is 2.82. The van der Waals surface area contributed by atoms with Crippen LogP contribution in [0.5, 0.6) is 11.5 Å². The minimum atomic E-state index is -0.919. The van der Waals surface area contributed by atoms with Crippen molar-refractivity contribution in [3.63, 3.8) is 0 Å². The Morgan fingerprint density at radius 2 is 1.81 bits per heavy atom. The van der Waals surface area contributed by atoms with Gasteiger partial charge in [-0.3, -0.25) is 4.79 Å². The molecule has 0 spiro atoms. The van der Waals surface area contributed by atoms with Crippen LogP contribution in [0.3, 0.4) is 0 Å². The number of hydrogen-bond donors (Lipinski definition) is 1. The second kappa shape index (κ2) is 6.83. The van der Waals surface area contributed by atoms with Gasteiger partial charge in [-0.05, 0) is 44.2 Å². The Bertz CT molecular complexity index is 615. The second-order valence-corrected chi connectivity index (χ2v) is 4.36. The van der Waals surface area contributed by atoms with Crippen molar-refractivity contribution in [2.75, 3.05) is 13.2 Å². The predicted molar refractivity (Wildman–Crippen MR) is 77.8 cm³/mol. The van der Waals surface area contributed by atoms with E-state index in [1.807, 2.05) is 32.0 Å². The van der Waals surface area contributed by atoms with Gasteiger partial charge in [0.2, 0.25) is 0 Å². The van der Waals surface area contributed by atoms with E-state index in [2.05, 4.69) is 0 Å². The van der Waals surface area contributed by atoms with Crippen LogP contribution in [0.25, 0.3) is 11.3 Å². The molecule has 5 heteroatoms. The van der Waals surface area contributed by atoms with E-state index in [-0.39, 0.29) is 6.42 Å². The van der Waals surface area contributed by atoms with Gasteiger partial charge in [-0.1, -0.05) is 0 Å². The molecule has 0 radical (unpaired) electrons. The van der Waals surface area contributed by atoms with E-state index in [4.69, 9.17) is 19.0 Å². The number of hydrogen-bond acceptors (Lipinski definition) is 4. The molecule has 2 rings (SSSR count). The fourth-order valence-corrected chi connectivity index (χ4v) is 1.98. The second-order valence-electron chi connectivity index (χ2n) is 4.36. The highest BCUT2D eigenvalue weighted by Gasteiger charge is 2.11. The lowest BCUT2D eigenvalue weighted by Gasteiger charge is -2.11. The average Bonchev–Trinajstić information content (AvgIpc) is 2.89. The molecule has 1 heterocycles. The molecule has 0 atom stereocenters. The van der Waals surface area contributed by atoms with Crippen LogP contribution in [0.2, 0.25) is 0 Å². The van der Waals surface area contributed by atoms with E-state index < -0.39 is 5.97 Å². The Hall–Kier alpha value is -2.43. The lowest BCUT2D eigenvalue weighted by molar-refractivity contribution is -0.136. The van der Waals surface area contributed by atoms with Crippen LogP contribution in [0.15, 0.2) is 34.7 Å². The van der Waals surface area contributed by atoms with Crippen molar-refractivity contribution in [3.05, 3.63) is 36.1 Å². The maximum Gasteiger partial charge on any atom is 0.311 e. The van der Waals surface area contributed by atoms with Crippen LogP contribution in [0, 0.1) is 0 Å². The maximum atomic E-state index is 10.7. The first-order chi connectivity index (χ1) is 10.1. The van der Waals surface area contributed by atoms with E-state index >= 15 is 0 Å². The van der Waals surface area contributed by atoms with Gasteiger partial charge >= 0.3 is 5.97 Å². The molecule has 2 aromatic rings. The van der Waals surface area contributed by atoms with E-state index in [0.29, 0.717) is 36.2 Å². The lowest BCUT2D eigenvalue weighted by atomic mass is 10.1. The molecule has 0 amide bonds. The minimum Gasteiger partial charge on any atom is -0.490 e. The summed E-state index contributed by atoms with van der Waals surface area (Å²) >= 11 is 0. The lowest BCUT2D eigenvalue weighted by Crippen LogP contribution is -1.98.